The molecule has 33 heavy (non-hydrogen) atoms. The monoisotopic (exact) mass is 445 g/mol. The number of esters is 1. The predicted molar refractivity (Wildman–Crippen MR) is 120 cm³/mol. The summed E-state index contributed by atoms with van der Waals surface area (Å²) in [6.07, 6.45) is 0.0288. The smallest absolute Gasteiger partial charge is 0.312 e. The number of aromatic nitrogens is 1. The molecule has 166 valence electrons. The van der Waals surface area contributed by atoms with Crippen molar-refractivity contribution in [3.63, 3.8) is 0 Å². The molecule has 0 aliphatic carbocycles. The summed E-state index contributed by atoms with van der Waals surface area (Å²) in [5, 5.41) is 0.673. The van der Waals surface area contributed by atoms with Gasteiger partial charge in [0.05, 0.1) is 24.6 Å². The Bertz CT molecular complexity index is 1430. The van der Waals surface area contributed by atoms with Crippen LogP contribution in [0.15, 0.2) is 71.5 Å². The second-order valence-corrected chi connectivity index (χ2v) is 7.80. The Morgan fingerprint density at radius 1 is 1.03 bits per heavy atom. The predicted octanol–water partition coefficient (Wildman–Crippen LogP) is 4.70. The van der Waals surface area contributed by atoms with Crippen molar-refractivity contribution in [2.45, 2.75) is 18.9 Å². The maximum absolute atomic E-state index is 13.4. The highest BCUT2D eigenvalue weighted by atomic mass is 19.1. The molecule has 1 aromatic heterocycles. The van der Waals surface area contributed by atoms with E-state index >= 15 is 0 Å². The molecule has 1 aliphatic heterocycles. The fourth-order valence-electron chi connectivity index (χ4n) is 4.17. The van der Waals surface area contributed by atoms with E-state index in [-0.39, 0.29) is 24.4 Å². The second kappa shape index (κ2) is 8.43. The van der Waals surface area contributed by atoms with E-state index in [2.05, 4.69) is 4.98 Å². The van der Waals surface area contributed by atoms with Crippen LogP contribution in [-0.4, -0.2) is 18.1 Å². The number of carbonyl (C=O) groups is 1. The number of hydrogen-bond donors (Lipinski definition) is 1. The number of methoxy groups -OCH3 is 1. The quantitative estimate of drug-likeness (QED) is 0.451. The van der Waals surface area contributed by atoms with E-state index in [1.54, 1.807) is 42.5 Å². The van der Waals surface area contributed by atoms with Crippen molar-refractivity contribution in [1.82, 2.24) is 4.98 Å². The van der Waals surface area contributed by atoms with Gasteiger partial charge in [0.1, 0.15) is 18.2 Å². The maximum atomic E-state index is 13.4. The lowest BCUT2D eigenvalue weighted by Gasteiger charge is -2.25. The van der Waals surface area contributed by atoms with Crippen molar-refractivity contribution >= 4 is 16.9 Å². The molecule has 5 rings (SSSR count). The zero-order valence-electron chi connectivity index (χ0n) is 17.8. The van der Waals surface area contributed by atoms with E-state index in [0.29, 0.717) is 39.3 Å². The van der Waals surface area contributed by atoms with E-state index in [1.165, 1.54) is 19.2 Å². The van der Waals surface area contributed by atoms with Gasteiger partial charge in [0.25, 0.3) is 5.56 Å². The van der Waals surface area contributed by atoms with Gasteiger partial charge in [-0.15, -0.1) is 0 Å². The minimum absolute atomic E-state index is 0.0288. The van der Waals surface area contributed by atoms with Crippen LogP contribution < -0.4 is 19.8 Å². The Kier molecular flexibility index (Phi) is 5.30. The lowest BCUT2D eigenvalue weighted by Crippen LogP contribution is -2.28. The molecule has 2 heterocycles. The highest BCUT2D eigenvalue weighted by Gasteiger charge is 2.33. The van der Waals surface area contributed by atoms with Gasteiger partial charge in [-0.1, -0.05) is 30.3 Å². The Balaban J connectivity index is 1.52. The van der Waals surface area contributed by atoms with Gasteiger partial charge in [-0.3, -0.25) is 9.59 Å². The van der Waals surface area contributed by atoms with Crippen LogP contribution in [0.3, 0.4) is 0 Å². The van der Waals surface area contributed by atoms with Crippen molar-refractivity contribution in [3.8, 4) is 17.2 Å². The van der Waals surface area contributed by atoms with Gasteiger partial charge in [0, 0.05) is 11.3 Å². The third kappa shape index (κ3) is 3.93. The van der Waals surface area contributed by atoms with Gasteiger partial charge in [-0.05, 0) is 47.5 Å². The lowest BCUT2D eigenvalue weighted by atomic mass is 9.86. The number of benzene rings is 3. The Labute approximate surface area is 188 Å². The number of para-hydroxylation sites is 1. The normalized spacial score (nSPS) is 15.1. The summed E-state index contributed by atoms with van der Waals surface area (Å²) in [5.41, 5.74) is 2.12. The molecule has 3 aromatic carbocycles. The Hall–Kier alpha value is -4.13. The zero-order chi connectivity index (χ0) is 22.9. The van der Waals surface area contributed by atoms with Crippen LogP contribution in [0.4, 0.5) is 4.39 Å². The fraction of sp³-hybridized carbons (Fsp3) is 0.154. The van der Waals surface area contributed by atoms with Crippen molar-refractivity contribution in [2.75, 3.05) is 7.11 Å². The SMILES string of the molecule is COc1cc(C2CC(=O)Oc3c2c(=O)[nH]c2ccccc32)ccc1OCc1cccc(F)c1. The summed E-state index contributed by atoms with van der Waals surface area (Å²) < 4.78 is 30.3. The van der Waals surface area contributed by atoms with E-state index in [9.17, 15) is 14.0 Å². The average Bonchev–Trinajstić information content (AvgIpc) is 2.82. The first kappa shape index (κ1) is 20.8. The Morgan fingerprint density at radius 2 is 1.88 bits per heavy atom. The van der Waals surface area contributed by atoms with Crippen LogP contribution >= 0.6 is 0 Å². The van der Waals surface area contributed by atoms with E-state index in [4.69, 9.17) is 14.2 Å². The summed E-state index contributed by atoms with van der Waals surface area (Å²) in [6, 6.07) is 18.6. The summed E-state index contributed by atoms with van der Waals surface area (Å²) in [6.45, 7) is 0.164. The molecule has 1 aliphatic rings. The molecule has 0 bridgehead atoms. The summed E-state index contributed by atoms with van der Waals surface area (Å²) in [5.74, 6) is -0.0346. The number of carbonyl (C=O) groups excluding carboxylic acids is 1. The molecule has 0 saturated heterocycles. The molecular weight excluding hydrogens is 425 g/mol. The van der Waals surface area contributed by atoms with Gasteiger partial charge in [-0.25, -0.2) is 4.39 Å². The highest BCUT2D eigenvalue weighted by Crippen LogP contribution is 2.42. The van der Waals surface area contributed by atoms with Crippen molar-refractivity contribution in [2.24, 2.45) is 0 Å². The van der Waals surface area contributed by atoms with Crippen molar-refractivity contribution in [3.05, 3.63) is 99.6 Å². The van der Waals surface area contributed by atoms with Crippen LogP contribution in [-0.2, 0) is 11.4 Å². The first-order chi connectivity index (χ1) is 16.0. The maximum Gasteiger partial charge on any atom is 0.312 e. The van der Waals surface area contributed by atoms with Crippen LogP contribution in [0.5, 0.6) is 17.2 Å². The molecule has 1 unspecified atom stereocenters. The minimum atomic E-state index is -0.499. The average molecular weight is 445 g/mol. The molecular formula is C26H20FNO5. The van der Waals surface area contributed by atoms with Gasteiger partial charge in [0.15, 0.2) is 11.5 Å². The van der Waals surface area contributed by atoms with Gasteiger partial charge in [0.2, 0.25) is 0 Å². The topological polar surface area (TPSA) is 77.6 Å². The first-order valence-corrected chi connectivity index (χ1v) is 10.4. The number of hydrogen-bond acceptors (Lipinski definition) is 5. The molecule has 0 radical (unpaired) electrons. The highest BCUT2D eigenvalue weighted by molar-refractivity contribution is 5.91. The zero-order valence-corrected chi connectivity index (χ0v) is 17.8. The third-order valence-corrected chi connectivity index (χ3v) is 5.72. The molecule has 1 atom stereocenters. The third-order valence-electron chi connectivity index (χ3n) is 5.72. The number of H-pyrrole nitrogens is 1. The number of halogens is 1. The van der Waals surface area contributed by atoms with Crippen LogP contribution in [0.25, 0.3) is 10.9 Å². The van der Waals surface area contributed by atoms with Crippen LogP contribution in [0.2, 0.25) is 0 Å². The largest absolute Gasteiger partial charge is 0.493 e. The molecule has 1 N–H and O–H groups in total. The molecule has 6 nitrogen and oxygen atoms in total. The van der Waals surface area contributed by atoms with E-state index < -0.39 is 11.9 Å². The molecule has 0 fully saturated rings. The van der Waals surface area contributed by atoms with Crippen LogP contribution in [0.1, 0.15) is 29.0 Å². The van der Waals surface area contributed by atoms with Crippen molar-refractivity contribution < 1.29 is 23.4 Å². The first-order valence-electron chi connectivity index (χ1n) is 10.4. The van der Waals surface area contributed by atoms with Gasteiger partial charge >= 0.3 is 5.97 Å². The number of aromatic amines is 1. The summed E-state index contributed by atoms with van der Waals surface area (Å²) >= 11 is 0. The molecule has 4 aromatic rings. The molecule has 0 spiro atoms. The summed E-state index contributed by atoms with van der Waals surface area (Å²) in [7, 11) is 1.51. The summed E-state index contributed by atoms with van der Waals surface area (Å²) in [4.78, 5) is 28.3. The fourth-order valence-corrected chi connectivity index (χ4v) is 4.17. The molecule has 7 heteroatoms. The van der Waals surface area contributed by atoms with Crippen molar-refractivity contribution in [1.29, 1.82) is 0 Å². The van der Waals surface area contributed by atoms with E-state index in [0.717, 1.165) is 5.56 Å². The molecule has 0 amide bonds. The Morgan fingerprint density at radius 3 is 2.70 bits per heavy atom. The standard InChI is InChI=1S/C26H20FNO5/c1-31-22-12-16(9-10-21(22)32-14-15-5-4-6-17(27)11-15)19-13-23(29)33-25-18-7-2-3-8-20(18)28-26(30)24(19)25/h2-12,19H,13-14H2,1H3,(H,28,30). The van der Waals surface area contributed by atoms with Gasteiger partial charge in [-0.2, -0.15) is 0 Å². The number of fused-ring (bicyclic) bond motifs is 3. The van der Waals surface area contributed by atoms with Gasteiger partial charge < -0.3 is 19.2 Å². The number of nitrogens with one attached hydrogen (secondary N) is 1. The number of pyridine rings is 1. The minimum Gasteiger partial charge on any atom is -0.493 e. The second-order valence-electron chi connectivity index (χ2n) is 7.80. The number of rotatable bonds is 5. The van der Waals surface area contributed by atoms with E-state index in [1.807, 2.05) is 12.1 Å². The lowest BCUT2D eigenvalue weighted by molar-refractivity contribution is -0.135. The number of ether oxygens (including phenoxy) is 3. The van der Waals surface area contributed by atoms with Crippen LogP contribution in [0, 0.1) is 5.82 Å². The molecule has 0 saturated carbocycles.